The molecule has 1 aromatic heterocycles. The van der Waals surface area contributed by atoms with Crippen molar-refractivity contribution in [3.8, 4) is 11.3 Å². The van der Waals surface area contributed by atoms with Crippen LogP contribution in [0.25, 0.3) is 22.0 Å². The largest absolute Gasteiger partial charge is 0.353 e. The van der Waals surface area contributed by atoms with E-state index in [-0.39, 0.29) is 0 Å². The Morgan fingerprint density at radius 3 is 2.41 bits per heavy atom. The monoisotopic (exact) mass is 290 g/mol. The first-order chi connectivity index (χ1) is 10.9. The number of aromatic nitrogens is 2. The highest BCUT2D eigenvalue weighted by molar-refractivity contribution is 5.86. The Morgan fingerprint density at radius 1 is 0.818 bits per heavy atom. The molecule has 22 heavy (non-hydrogen) atoms. The van der Waals surface area contributed by atoms with Gasteiger partial charge in [-0.3, -0.25) is 0 Å². The number of anilines is 1. The maximum Gasteiger partial charge on any atom is 0.151 e. The quantitative estimate of drug-likeness (QED) is 0.788. The lowest BCUT2D eigenvalue weighted by molar-refractivity contribution is 0.583. The molecule has 0 radical (unpaired) electrons. The normalized spacial score (nSPS) is 15.2. The standard InChI is InChI=1S/C18H18N4/c1-2-4-15-13-16(6-5-14(15)3-1)17-7-8-18(21-20-17)22-11-9-19-10-12-22/h1-8,13,19H,9-12H2. The molecule has 4 heteroatoms. The number of benzene rings is 2. The molecule has 1 saturated heterocycles. The van der Waals surface area contributed by atoms with Crippen molar-refractivity contribution in [2.75, 3.05) is 31.1 Å². The van der Waals surface area contributed by atoms with Crippen LogP contribution in [0.1, 0.15) is 0 Å². The van der Waals surface area contributed by atoms with Gasteiger partial charge in [-0.1, -0.05) is 36.4 Å². The molecule has 2 aromatic carbocycles. The molecule has 0 aliphatic carbocycles. The highest BCUT2D eigenvalue weighted by Crippen LogP contribution is 2.23. The highest BCUT2D eigenvalue weighted by Gasteiger charge is 2.12. The van der Waals surface area contributed by atoms with Gasteiger partial charge in [-0.25, -0.2) is 0 Å². The zero-order valence-electron chi connectivity index (χ0n) is 12.4. The van der Waals surface area contributed by atoms with Crippen LogP contribution in [-0.2, 0) is 0 Å². The van der Waals surface area contributed by atoms with Crippen molar-refractivity contribution in [2.45, 2.75) is 0 Å². The molecule has 0 amide bonds. The van der Waals surface area contributed by atoms with Gasteiger partial charge >= 0.3 is 0 Å². The van der Waals surface area contributed by atoms with E-state index in [0.717, 1.165) is 43.3 Å². The van der Waals surface area contributed by atoms with Crippen LogP contribution in [0.5, 0.6) is 0 Å². The van der Waals surface area contributed by atoms with Crippen molar-refractivity contribution >= 4 is 16.6 Å². The first-order valence-corrected chi connectivity index (χ1v) is 7.69. The summed E-state index contributed by atoms with van der Waals surface area (Å²) >= 11 is 0. The summed E-state index contributed by atoms with van der Waals surface area (Å²) in [5.74, 6) is 0.964. The predicted molar refractivity (Wildman–Crippen MR) is 90.1 cm³/mol. The minimum absolute atomic E-state index is 0.921. The van der Waals surface area contributed by atoms with Crippen molar-refractivity contribution in [2.24, 2.45) is 0 Å². The lowest BCUT2D eigenvalue weighted by Gasteiger charge is -2.27. The molecule has 3 aromatic rings. The Morgan fingerprint density at radius 2 is 1.64 bits per heavy atom. The van der Waals surface area contributed by atoms with Crippen LogP contribution >= 0.6 is 0 Å². The number of nitrogens with zero attached hydrogens (tertiary/aromatic N) is 3. The molecule has 1 aliphatic heterocycles. The summed E-state index contributed by atoms with van der Waals surface area (Å²) in [5.41, 5.74) is 2.03. The van der Waals surface area contributed by atoms with Crippen LogP contribution in [0.3, 0.4) is 0 Å². The van der Waals surface area contributed by atoms with E-state index in [9.17, 15) is 0 Å². The van der Waals surface area contributed by atoms with Crippen molar-refractivity contribution in [1.29, 1.82) is 0 Å². The Hall–Kier alpha value is -2.46. The fraction of sp³-hybridized carbons (Fsp3) is 0.222. The number of hydrogen-bond acceptors (Lipinski definition) is 4. The minimum Gasteiger partial charge on any atom is -0.353 e. The molecule has 0 spiro atoms. The topological polar surface area (TPSA) is 41.0 Å². The van der Waals surface area contributed by atoms with Crippen LogP contribution < -0.4 is 10.2 Å². The average Bonchev–Trinajstić information content (AvgIpc) is 2.62. The van der Waals surface area contributed by atoms with Gasteiger partial charge in [0.2, 0.25) is 0 Å². The number of nitrogens with one attached hydrogen (secondary N) is 1. The van der Waals surface area contributed by atoms with E-state index >= 15 is 0 Å². The smallest absolute Gasteiger partial charge is 0.151 e. The Bertz CT molecular complexity index is 776. The summed E-state index contributed by atoms with van der Waals surface area (Å²) in [6.07, 6.45) is 0. The van der Waals surface area contributed by atoms with Gasteiger partial charge in [0.25, 0.3) is 0 Å². The number of piperazine rings is 1. The summed E-state index contributed by atoms with van der Waals surface area (Å²) < 4.78 is 0. The van der Waals surface area contributed by atoms with Crippen LogP contribution in [0, 0.1) is 0 Å². The molecule has 1 N–H and O–H groups in total. The number of hydrogen-bond donors (Lipinski definition) is 1. The van der Waals surface area contributed by atoms with Crippen molar-refractivity contribution < 1.29 is 0 Å². The fourth-order valence-electron chi connectivity index (χ4n) is 2.89. The van der Waals surface area contributed by atoms with Crippen LogP contribution in [-0.4, -0.2) is 36.4 Å². The average molecular weight is 290 g/mol. The van der Waals surface area contributed by atoms with E-state index in [1.165, 1.54) is 10.8 Å². The Kier molecular flexibility index (Phi) is 3.45. The van der Waals surface area contributed by atoms with Crippen LogP contribution in [0.4, 0.5) is 5.82 Å². The van der Waals surface area contributed by atoms with Gasteiger partial charge in [0.1, 0.15) is 0 Å². The third-order valence-electron chi connectivity index (χ3n) is 4.14. The van der Waals surface area contributed by atoms with Gasteiger partial charge in [-0.2, -0.15) is 0 Å². The highest BCUT2D eigenvalue weighted by atomic mass is 15.3. The maximum absolute atomic E-state index is 4.42. The second-order valence-corrected chi connectivity index (χ2v) is 5.58. The lowest BCUT2D eigenvalue weighted by Crippen LogP contribution is -2.43. The molecule has 0 unspecified atom stereocenters. The van der Waals surface area contributed by atoms with Crippen LogP contribution in [0.15, 0.2) is 54.6 Å². The Labute approximate surface area is 129 Å². The van der Waals surface area contributed by atoms with E-state index in [4.69, 9.17) is 0 Å². The summed E-state index contributed by atoms with van der Waals surface area (Å²) in [6.45, 7) is 4.00. The first-order valence-electron chi connectivity index (χ1n) is 7.69. The number of rotatable bonds is 2. The van der Waals surface area contributed by atoms with Crippen molar-refractivity contribution in [3.05, 3.63) is 54.6 Å². The molecule has 0 atom stereocenters. The zero-order chi connectivity index (χ0) is 14.8. The third-order valence-corrected chi connectivity index (χ3v) is 4.14. The molecule has 0 saturated carbocycles. The first kappa shape index (κ1) is 13.2. The van der Waals surface area contributed by atoms with Crippen molar-refractivity contribution in [3.63, 3.8) is 0 Å². The van der Waals surface area contributed by atoms with E-state index < -0.39 is 0 Å². The molecule has 4 rings (SSSR count). The molecule has 0 bridgehead atoms. The molecule has 1 fully saturated rings. The maximum atomic E-state index is 4.42. The van der Waals surface area contributed by atoms with Gasteiger partial charge in [0, 0.05) is 31.7 Å². The molecular weight excluding hydrogens is 272 g/mol. The van der Waals surface area contributed by atoms with Gasteiger partial charge in [-0.15, -0.1) is 10.2 Å². The summed E-state index contributed by atoms with van der Waals surface area (Å²) in [7, 11) is 0. The predicted octanol–water partition coefficient (Wildman–Crippen LogP) is 2.71. The second-order valence-electron chi connectivity index (χ2n) is 5.58. The molecule has 4 nitrogen and oxygen atoms in total. The molecule has 110 valence electrons. The van der Waals surface area contributed by atoms with E-state index in [2.05, 4.69) is 75.0 Å². The van der Waals surface area contributed by atoms with Crippen molar-refractivity contribution in [1.82, 2.24) is 15.5 Å². The van der Waals surface area contributed by atoms with E-state index in [1.54, 1.807) is 0 Å². The zero-order valence-corrected chi connectivity index (χ0v) is 12.4. The summed E-state index contributed by atoms with van der Waals surface area (Å²) in [5, 5.41) is 14.7. The third kappa shape index (κ3) is 2.53. The fourth-order valence-corrected chi connectivity index (χ4v) is 2.89. The Balaban J connectivity index is 1.63. The van der Waals surface area contributed by atoms with Gasteiger partial charge < -0.3 is 10.2 Å². The molecule has 1 aliphatic rings. The molecular formula is C18H18N4. The van der Waals surface area contributed by atoms with E-state index in [1.807, 2.05) is 0 Å². The van der Waals surface area contributed by atoms with Gasteiger partial charge in [0.05, 0.1) is 5.69 Å². The van der Waals surface area contributed by atoms with E-state index in [0.29, 0.717) is 0 Å². The minimum atomic E-state index is 0.921. The lowest BCUT2D eigenvalue weighted by atomic mass is 10.1. The van der Waals surface area contributed by atoms with Gasteiger partial charge in [0.15, 0.2) is 5.82 Å². The van der Waals surface area contributed by atoms with Gasteiger partial charge in [-0.05, 0) is 29.0 Å². The second kappa shape index (κ2) is 5.73. The SMILES string of the molecule is c1ccc2cc(-c3ccc(N4CCNCC4)nn3)ccc2c1. The summed E-state index contributed by atoms with van der Waals surface area (Å²) in [6, 6.07) is 18.9. The summed E-state index contributed by atoms with van der Waals surface area (Å²) in [4.78, 5) is 2.27. The molecule has 2 heterocycles. The number of fused-ring (bicyclic) bond motifs is 1. The van der Waals surface area contributed by atoms with Crippen LogP contribution in [0.2, 0.25) is 0 Å².